The molecule has 3 aromatic carbocycles. The van der Waals surface area contributed by atoms with Crippen LogP contribution in [0.3, 0.4) is 0 Å². The fourth-order valence-corrected chi connectivity index (χ4v) is 3.21. The number of hydrogen-bond donors (Lipinski definition) is 4. The average molecular weight is 358 g/mol. The van der Waals surface area contributed by atoms with Crippen LogP contribution in [0.1, 0.15) is 10.4 Å². The molecule has 0 heterocycles. The van der Waals surface area contributed by atoms with Crippen molar-refractivity contribution in [3.63, 3.8) is 0 Å². The number of hydrogen-bond acceptors (Lipinski definition) is 5. The molecule has 0 radical (unpaired) electrons. The van der Waals surface area contributed by atoms with Crippen LogP contribution in [0.15, 0.2) is 59.5 Å². The number of phenolic OH excluding ortho intramolecular Hbond substituents is 1. The van der Waals surface area contributed by atoms with Crippen molar-refractivity contribution < 1.29 is 22.9 Å². The smallest absolute Gasteiger partial charge is 0.295 e. The third kappa shape index (κ3) is 3.39. The minimum atomic E-state index is -4.46. The SMILES string of the molecule is Nc1cccc(C(=O)Nc2ccc(S(=O)(=O)O)c3ccc(O)cc23)c1. The molecule has 0 saturated heterocycles. The predicted molar refractivity (Wildman–Crippen MR) is 94.2 cm³/mol. The summed E-state index contributed by atoms with van der Waals surface area (Å²) in [5.41, 5.74) is 6.70. The molecule has 7 nitrogen and oxygen atoms in total. The fraction of sp³-hybridized carbons (Fsp3) is 0. The Labute approximate surface area is 143 Å². The Morgan fingerprint density at radius 2 is 1.76 bits per heavy atom. The van der Waals surface area contributed by atoms with Gasteiger partial charge in [-0.3, -0.25) is 9.35 Å². The van der Waals surface area contributed by atoms with Crippen LogP contribution in [0, 0.1) is 0 Å². The highest BCUT2D eigenvalue weighted by molar-refractivity contribution is 7.86. The molecule has 0 aliphatic carbocycles. The number of carbonyl (C=O) groups is 1. The summed E-state index contributed by atoms with van der Waals surface area (Å²) >= 11 is 0. The molecule has 0 atom stereocenters. The summed E-state index contributed by atoms with van der Waals surface area (Å²) in [6.45, 7) is 0. The van der Waals surface area contributed by atoms with Crippen molar-refractivity contribution in [1.29, 1.82) is 0 Å². The minimum absolute atomic E-state index is 0.112. The van der Waals surface area contributed by atoms with E-state index in [1.54, 1.807) is 18.2 Å². The van der Waals surface area contributed by atoms with Gasteiger partial charge in [-0.15, -0.1) is 0 Å². The van der Waals surface area contributed by atoms with E-state index in [9.17, 15) is 22.9 Å². The Morgan fingerprint density at radius 1 is 1.00 bits per heavy atom. The molecule has 0 saturated carbocycles. The van der Waals surface area contributed by atoms with Gasteiger partial charge < -0.3 is 16.2 Å². The first-order chi connectivity index (χ1) is 11.8. The van der Waals surface area contributed by atoms with Crippen LogP contribution in [0.5, 0.6) is 5.75 Å². The summed E-state index contributed by atoms with van der Waals surface area (Å²) in [6, 6.07) is 12.8. The van der Waals surface area contributed by atoms with Gasteiger partial charge in [0.2, 0.25) is 0 Å². The normalized spacial score (nSPS) is 11.4. The lowest BCUT2D eigenvalue weighted by atomic mass is 10.1. The number of benzene rings is 3. The van der Waals surface area contributed by atoms with E-state index in [0.717, 1.165) is 0 Å². The molecule has 8 heteroatoms. The lowest BCUT2D eigenvalue weighted by Crippen LogP contribution is -2.13. The van der Waals surface area contributed by atoms with Crippen LogP contribution in [0.2, 0.25) is 0 Å². The number of amides is 1. The van der Waals surface area contributed by atoms with Crippen molar-refractivity contribution in [3.8, 4) is 5.75 Å². The number of nitrogen functional groups attached to an aromatic ring is 1. The molecule has 3 aromatic rings. The highest BCUT2D eigenvalue weighted by Gasteiger charge is 2.17. The Balaban J connectivity index is 2.11. The van der Waals surface area contributed by atoms with Gasteiger partial charge in [0.05, 0.1) is 0 Å². The first-order valence-electron chi connectivity index (χ1n) is 7.16. The van der Waals surface area contributed by atoms with Crippen LogP contribution in [0.4, 0.5) is 11.4 Å². The summed E-state index contributed by atoms with van der Waals surface area (Å²) in [7, 11) is -4.46. The summed E-state index contributed by atoms with van der Waals surface area (Å²) < 4.78 is 32.4. The zero-order chi connectivity index (χ0) is 18.2. The number of nitrogens with two attached hydrogens (primary N) is 1. The second-order valence-electron chi connectivity index (χ2n) is 5.40. The molecule has 0 fully saturated rings. The third-order valence-electron chi connectivity index (χ3n) is 3.64. The van der Waals surface area contributed by atoms with Gasteiger partial charge in [0.15, 0.2) is 0 Å². The van der Waals surface area contributed by atoms with E-state index in [1.165, 1.54) is 36.4 Å². The van der Waals surface area contributed by atoms with E-state index in [4.69, 9.17) is 5.73 Å². The highest BCUT2D eigenvalue weighted by Crippen LogP contribution is 2.32. The number of phenols is 1. The lowest BCUT2D eigenvalue weighted by molar-refractivity contribution is 0.102. The molecule has 128 valence electrons. The monoisotopic (exact) mass is 358 g/mol. The van der Waals surface area contributed by atoms with Crippen LogP contribution >= 0.6 is 0 Å². The van der Waals surface area contributed by atoms with Crippen LogP contribution in [-0.4, -0.2) is 24.0 Å². The first-order valence-corrected chi connectivity index (χ1v) is 8.60. The maximum atomic E-state index is 12.4. The second-order valence-corrected chi connectivity index (χ2v) is 6.79. The number of nitrogens with one attached hydrogen (secondary N) is 1. The van der Waals surface area contributed by atoms with Gasteiger partial charge in [0.25, 0.3) is 16.0 Å². The maximum Gasteiger partial charge on any atom is 0.295 e. The third-order valence-corrected chi connectivity index (χ3v) is 4.55. The predicted octanol–water partition coefficient (Wildman–Crippen LogP) is 2.63. The van der Waals surface area contributed by atoms with Gasteiger partial charge >= 0.3 is 0 Å². The molecule has 0 aliphatic rings. The number of aromatic hydroxyl groups is 1. The molecule has 3 rings (SSSR count). The number of fused-ring (bicyclic) bond motifs is 1. The molecular formula is C17H14N2O5S. The average Bonchev–Trinajstić information content (AvgIpc) is 2.54. The molecule has 1 amide bonds. The molecule has 0 unspecified atom stereocenters. The Bertz CT molecular complexity index is 1090. The van der Waals surface area contributed by atoms with Gasteiger partial charge in [-0.2, -0.15) is 8.42 Å². The zero-order valence-electron chi connectivity index (χ0n) is 12.8. The lowest BCUT2D eigenvalue weighted by Gasteiger charge is -2.12. The minimum Gasteiger partial charge on any atom is -0.508 e. The van der Waals surface area contributed by atoms with Gasteiger partial charge in [-0.1, -0.05) is 6.07 Å². The molecule has 0 bridgehead atoms. The largest absolute Gasteiger partial charge is 0.508 e. The van der Waals surface area contributed by atoms with Crippen LogP contribution in [0.25, 0.3) is 10.8 Å². The van der Waals surface area contributed by atoms with Gasteiger partial charge in [0, 0.05) is 27.7 Å². The van der Waals surface area contributed by atoms with E-state index in [2.05, 4.69) is 5.32 Å². The Kier molecular flexibility index (Phi) is 4.07. The van der Waals surface area contributed by atoms with E-state index >= 15 is 0 Å². The summed E-state index contributed by atoms with van der Waals surface area (Å²) in [6.07, 6.45) is 0. The fourth-order valence-electron chi connectivity index (χ4n) is 2.52. The van der Waals surface area contributed by atoms with E-state index in [-0.39, 0.29) is 27.1 Å². The maximum absolute atomic E-state index is 12.4. The Hall–Kier alpha value is -3.10. The standard InChI is InChI=1S/C17H14N2O5S/c18-11-3-1-2-10(8-11)17(21)19-15-6-7-16(25(22,23)24)13-5-4-12(20)9-14(13)15/h1-9,20H,18H2,(H,19,21)(H,22,23,24). The van der Waals surface area contributed by atoms with Crippen molar-refractivity contribution in [2.45, 2.75) is 4.90 Å². The van der Waals surface area contributed by atoms with Crippen molar-refractivity contribution in [2.24, 2.45) is 0 Å². The molecule has 0 spiro atoms. The molecule has 25 heavy (non-hydrogen) atoms. The molecule has 0 aliphatic heterocycles. The first kappa shape index (κ1) is 16.7. The van der Waals surface area contributed by atoms with Crippen LogP contribution in [-0.2, 0) is 10.1 Å². The summed E-state index contributed by atoms with van der Waals surface area (Å²) in [4.78, 5) is 12.1. The molecule has 0 aromatic heterocycles. The quantitative estimate of drug-likeness (QED) is 0.421. The van der Waals surface area contributed by atoms with Crippen molar-refractivity contribution >= 4 is 38.2 Å². The Morgan fingerprint density at radius 3 is 2.44 bits per heavy atom. The second kappa shape index (κ2) is 6.08. The summed E-state index contributed by atoms with van der Waals surface area (Å²) in [5.74, 6) is -0.559. The van der Waals surface area contributed by atoms with Crippen molar-refractivity contribution in [3.05, 3.63) is 60.2 Å². The van der Waals surface area contributed by atoms with Crippen molar-refractivity contribution in [2.75, 3.05) is 11.1 Å². The van der Waals surface area contributed by atoms with Crippen LogP contribution < -0.4 is 11.1 Å². The number of rotatable bonds is 3. The van der Waals surface area contributed by atoms with Gasteiger partial charge in [-0.05, 0) is 48.5 Å². The zero-order valence-corrected chi connectivity index (χ0v) is 13.6. The molecular weight excluding hydrogens is 344 g/mol. The molecule has 5 N–H and O–H groups in total. The van der Waals surface area contributed by atoms with Crippen molar-refractivity contribution in [1.82, 2.24) is 0 Å². The van der Waals surface area contributed by atoms with Gasteiger partial charge in [-0.25, -0.2) is 0 Å². The summed E-state index contributed by atoms with van der Waals surface area (Å²) in [5, 5.41) is 12.8. The van der Waals surface area contributed by atoms with E-state index in [0.29, 0.717) is 11.3 Å². The van der Waals surface area contributed by atoms with E-state index < -0.39 is 16.0 Å². The highest BCUT2D eigenvalue weighted by atomic mass is 32.2. The topological polar surface area (TPSA) is 130 Å². The van der Waals surface area contributed by atoms with Gasteiger partial charge in [0.1, 0.15) is 10.6 Å². The number of anilines is 2. The number of carbonyl (C=O) groups excluding carboxylic acids is 1. The van der Waals surface area contributed by atoms with E-state index in [1.807, 2.05) is 0 Å².